The number of aliphatic carboxylic acids is 1. The number of nitrogens with one attached hydrogen (secondary N) is 1. The molecule has 0 bridgehead atoms. The van der Waals surface area contributed by atoms with Crippen molar-refractivity contribution in [1.29, 1.82) is 0 Å². The second-order valence-corrected chi connectivity index (χ2v) is 9.93. The molecule has 39 heavy (non-hydrogen) atoms. The van der Waals surface area contributed by atoms with Crippen molar-refractivity contribution >= 4 is 17.5 Å². The zero-order chi connectivity index (χ0) is 27.1. The van der Waals surface area contributed by atoms with Gasteiger partial charge in [0.15, 0.2) is 5.76 Å². The third-order valence-electron chi connectivity index (χ3n) is 7.49. The number of hydrogen-bond donors (Lipinski definition) is 2. The number of carbonyl (C=O) groups is 1. The van der Waals surface area contributed by atoms with Crippen LogP contribution in [0.25, 0.3) is 33.7 Å². The van der Waals surface area contributed by atoms with Gasteiger partial charge in [0, 0.05) is 11.1 Å². The highest BCUT2D eigenvalue weighted by Crippen LogP contribution is 2.49. The summed E-state index contributed by atoms with van der Waals surface area (Å²) in [7, 11) is 0. The molecule has 0 amide bonds. The summed E-state index contributed by atoms with van der Waals surface area (Å²) in [6.07, 6.45) is 1.33. The molecule has 0 radical (unpaired) electrons. The lowest BCUT2D eigenvalue weighted by Crippen LogP contribution is -2.19. The van der Waals surface area contributed by atoms with Gasteiger partial charge in [-0.25, -0.2) is 9.37 Å². The van der Waals surface area contributed by atoms with Crippen LogP contribution in [0.3, 0.4) is 0 Å². The standard InChI is InChI=1S/C32H26FN3O3/c1-19-23(9-5-10-26(19)33)27-11-6-12-28(34-27)35-29-20(2)36-39-30(29)25-8-4-3-7-24(25)21-13-15-22(16-14-21)32(17-18-32)31(37)38/h3-16H,17-18H2,1-2H3,(H,34,35)(H,37,38). The first-order valence-electron chi connectivity index (χ1n) is 12.8. The maximum atomic E-state index is 14.2. The summed E-state index contributed by atoms with van der Waals surface area (Å²) in [5.74, 6) is 0.0953. The average molecular weight is 520 g/mol. The van der Waals surface area contributed by atoms with Crippen molar-refractivity contribution in [2.75, 3.05) is 5.32 Å². The Morgan fingerprint density at radius 1 is 0.897 bits per heavy atom. The normalized spacial score (nSPS) is 13.7. The van der Waals surface area contributed by atoms with Gasteiger partial charge in [0.25, 0.3) is 0 Å². The average Bonchev–Trinajstić information content (AvgIpc) is 3.70. The lowest BCUT2D eigenvalue weighted by Gasteiger charge is -2.13. The van der Waals surface area contributed by atoms with E-state index in [-0.39, 0.29) is 5.82 Å². The molecule has 6 rings (SSSR count). The van der Waals surface area contributed by atoms with Gasteiger partial charge in [-0.05, 0) is 67.1 Å². The highest BCUT2D eigenvalue weighted by Gasteiger charge is 2.51. The van der Waals surface area contributed by atoms with Crippen LogP contribution in [0.2, 0.25) is 0 Å². The fraction of sp³-hybridized carbons (Fsp3) is 0.156. The van der Waals surface area contributed by atoms with Crippen LogP contribution in [-0.2, 0) is 10.2 Å². The van der Waals surface area contributed by atoms with Crippen LogP contribution in [0.1, 0.15) is 29.7 Å². The van der Waals surface area contributed by atoms with Crippen LogP contribution in [-0.4, -0.2) is 21.2 Å². The van der Waals surface area contributed by atoms with Crippen molar-refractivity contribution < 1.29 is 18.8 Å². The smallest absolute Gasteiger partial charge is 0.314 e. The fourth-order valence-corrected chi connectivity index (χ4v) is 5.02. The van der Waals surface area contributed by atoms with Crippen LogP contribution in [0.4, 0.5) is 15.9 Å². The lowest BCUT2D eigenvalue weighted by molar-refractivity contribution is -0.140. The maximum Gasteiger partial charge on any atom is 0.314 e. The number of carboxylic acid groups (broad SMARTS) is 1. The molecule has 7 heteroatoms. The molecule has 0 saturated heterocycles. The predicted molar refractivity (Wildman–Crippen MR) is 148 cm³/mol. The molecule has 0 spiro atoms. The third-order valence-corrected chi connectivity index (χ3v) is 7.49. The summed E-state index contributed by atoms with van der Waals surface area (Å²) < 4.78 is 20.0. The van der Waals surface area contributed by atoms with Gasteiger partial charge in [-0.2, -0.15) is 0 Å². The van der Waals surface area contributed by atoms with Crippen molar-refractivity contribution in [3.05, 3.63) is 108 Å². The van der Waals surface area contributed by atoms with Crippen molar-refractivity contribution in [2.24, 2.45) is 0 Å². The minimum absolute atomic E-state index is 0.273. The molecule has 0 unspecified atom stereocenters. The Kier molecular flexibility index (Phi) is 5.99. The Labute approximate surface area is 225 Å². The Balaban J connectivity index is 1.35. The molecule has 6 nitrogen and oxygen atoms in total. The summed E-state index contributed by atoms with van der Waals surface area (Å²) in [6.45, 7) is 3.60. The molecular weight excluding hydrogens is 493 g/mol. The third kappa shape index (κ3) is 4.36. The van der Waals surface area contributed by atoms with Crippen molar-refractivity contribution in [3.63, 3.8) is 0 Å². The number of rotatable bonds is 7. The number of halogens is 1. The minimum Gasteiger partial charge on any atom is -0.481 e. The number of carboxylic acids is 1. The summed E-state index contributed by atoms with van der Waals surface area (Å²) in [6, 6.07) is 26.1. The Bertz CT molecular complexity index is 1700. The first-order chi connectivity index (χ1) is 18.9. The molecule has 1 aliphatic carbocycles. The van der Waals surface area contributed by atoms with E-state index in [9.17, 15) is 14.3 Å². The predicted octanol–water partition coefficient (Wildman–Crippen LogP) is 7.69. The van der Waals surface area contributed by atoms with Gasteiger partial charge >= 0.3 is 5.97 Å². The van der Waals surface area contributed by atoms with Crippen LogP contribution in [0.5, 0.6) is 0 Å². The molecule has 194 valence electrons. The Morgan fingerprint density at radius 2 is 1.59 bits per heavy atom. The van der Waals surface area contributed by atoms with Crippen molar-refractivity contribution in [1.82, 2.24) is 10.1 Å². The summed E-state index contributed by atoms with van der Waals surface area (Å²) in [5.41, 5.74) is 6.07. The molecule has 1 saturated carbocycles. The number of nitrogens with zero attached hydrogens (tertiary/aromatic N) is 2. The van der Waals surface area contributed by atoms with Gasteiger partial charge in [0.2, 0.25) is 0 Å². The molecule has 1 aliphatic rings. The second-order valence-electron chi connectivity index (χ2n) is 9.93. The summed E-state index contributed by atoms with van der Waals surface area (Å²) >= 11 is 0. The van der Waals surface area contributed by atoms with E-state index < -0.39 is 11.4 Å². The lowest BCUT2D eigenvalue weighted by atomic mass is 9.92. The molecule has 3 aromatic carbocycles. The number of aryl methyl sites for hydroxylation is 1. The van der Waals surface area contributed by atoms with E-state index in [0.717, 1.165) is 27.8 Å². The van der Waals surface area contributed by atoms with Gasteiger partial charge in [-0.1, -0.05) is 71.9 Å². The largest absolute Gasteiger partial charge is 0.481 e. The van der Waals surface area contributed by atoms with Gasteiger partial charge in [-0.15, -0.1) is 0 Å². The summed E-state index contributed by atoms with van der Waals surface area (Å²) in [5, 5.41) is 17.2. The van der Waals surface area contributed by atoms with E-state index in [2.05, 4.69) is 10.5 Å². The van der Waals surface area contributed by atoms with Crippen LogP contribution in [0, 0.1) is 19.7 Å². The topological polar surface area (TPSA) is 88.2 Å². The molecule has 2 aromatic heterocycles. The second kappa shape index (κ2) is 9.51. The Hall–Kier alpha value is -4.78. The summed E-state index contributed by atoms with van der Waals surface area (Å²) in [4.78, 5) is 16.5. The maximum absolute atomic E-state index is 14.2. The van der Waals surface area contributed by atoms with Gasteiger partial charge in [0.1, 0.15) is 23.0 Å². The molecule has 0 atom stereocenters. The number of hydrogen-bond acceptors (Lipinski definition) is 5. The van der Waals surface area contributed by atoms with Gasteiger partial charge < -0.3 is 14.9 Å². The highest BCUT2D eigenvalue weighted by atomic mass is 19.1. The first-order valence-corrected chi connectivity index (χ1v) is 12.8. The van der Waals surface area contributed by atoms with Crippen LogP contribution >= 0.6 is 0 Å². The van der Waals surface area contributed by atoms with Gasteiger partial charge in [0.05, 0.1) is 11.1 Å². The van der Waals surface area contributed by atoms with E-state index in [4.69, 9.17) is 9.51 Å². The first kappa shape index (κ1) is 24.6. The molecular formula is C32H26FN3O3. The van der Waals surface area contributed by atoms with E-state index in [1.54, 1.807) is 13.0 Å². The van der Waals surface area contributed by atoms with Crippen molar-refractivity contribution in [2.45, 2.75) is 32.1 Å². The molecule has 2 heterocycles. The molecule has 2 N–H and O–H groups in total. The number of pyridine rings is 1. The fourth-order valence-electron chi connectivity index (χ4n) is 5.02. The van der Waals surface area contributed by atoms with E-state index >= 15 is 0 Å². The molecule has 5 aromatic rings. The number of anilines is 2. The Morgan fingerprint density at radius 3 is 2.31 bits per heavy atom. The highest BCUT2D eigenvalue weighted by molar-refractivity contribution is 5.89. The van der Waals surface area contributed by atoms with E-state index in [0.29, 0.717) is 47.1 Å². The SMILES string of the molecule is Cc1noc(-c2ccccc2-c2ccc(C3(C(=O)O)CC3)cc2)c1Nc1cccc(-c2cccc(F)c2C)n1. The number of aromatic nitrogens is 2. The quantitative estimate of drug-likeness (QED) is 0.229. The van der Waals surface area contributed by atoms with E-state index in [1.165, 1.54) is 6.07 Å². The molecule has 0 aliphatic heterocycles. The zero-order valence-electron chi connectivity index (χ0n) is 21.5. The van der Waals surface area contributed by atoms with Crippen LogP contribution < -0.4 is 5.32 Å². The minimum atomic E-state index is -0.770. The monoisotopic (exact) mass is 519 g/mol. The van der Waals surface area contributed by atoms with Crippen molar-refractivity contribution in [3.8, 4) is 33.7 Å². The van der Waals surface area contributed by atoms with Gasteiger partial charge in [-0.3, -0.25) is 4.79 Å². The molecule has 1 fully saturated rings. The van der Waals surface area contributed by atoms with Crippen LogP contribution in [0.15, 0.2) is 89.5 Å². The zero-order valence-corrected chi connectivity index (χ0v) is 21.5. The number of benzene rings is 3. The van der Waals surface area contributed by atoms with E-state index in [1.807, 2.05) is 79.7 Å².